The number of hydrogen-bond donors (Lipinski definition) is 1. The first kappa shape index (κ1) is 8.56. The van der Waals surface area contributed by atoms with Crippen LogP contribution in [-0.4, -0.2) is 18.2 Å². The summed E-state index contributed by atoms with van der Waals surface area (Å²) < 4.78 is 4.82. The van der Waals surface area contributed by atoms with Crippen LogP contribution in [0.1, 0.15) is 17.2 Å². The van der Waals surface area contributed by atoms with Crippen molar-refractivity contribution in [3.8, 4) is 0 Å². The topological polar surface area (TPSA) is 38.1 Å². The summed E-state index contributed by atoms with van der Waals surface area (Å²) in [5.41, 5.74) is 2.30. The molecule has 2 heterocycles. The fourth-order valence-corrected chi connectivity index (χ4v) is 1.17. The second kappa shape index (κ2) is 3.24. The van der Waals surface area contributed by atoms with Crippen molar-refractivity contribution in [1.82, 2.24) is 10.5 Å². The zero-order valence-electron chi connectivity index (χ0n) is 6.33. The van der Waals surface area contributed by atoms with Crippen LogP contribution in [0.2, 0.25) is 0 Å². The van der Waals surface area contributed by atoms with Gasteiger partial charge in [-0.25, -0.2) is 0 Å². The number of aromatic nitrogens is 1. The van der Waals surface area contributed by atoms with Crippen molar-refractivity contribution in [2.75, 3.05) is 13.1 Å². The fraction of sp³-hybridized carbons (Fsp3) is 0.571. The Balaban J connectivity index is 0.000000605. The molecular formula is C7H11ClN2O. The van der Waals surface area contributed by atoms with Crippen LogP contribution in [0, 0.1) is 6.92 Å². The number of halogens is 1. The molecule has 1 N–H and O–H groups in total. The third-order valence-corrected chi connectivity index (χ3v) is 1.95. The standard InChI is InChI=1S/C7H10N2O.ClH/c1-5-4-10-9-7(5)6-2-8-3-6;/h4,6,8H,2-3H2,1H3;1H. The summed E-state index contributed by atoms with van der Waals surface area (Å²) in [7, 11) is 0. The van der Waals surface area contributed by atoms with Crippen LogP contribution in [-0.2, 0) is 0 Å². The van der Waals surface area contributed by atoms with Gasteiger partial charge in [0, 0.05) is 24.6 Å². The minimum absolute atomic E-state index is 0. The van der Waals surface area contributed by atoms with Gasteiger partial charge in [0.1, 0.15) is 6.26 Å². The molecule has 0 aromatic carbocycles. The van der Waals surface area contributed by atoms with Crippen LogP contribution in [0.3, 0.4) is 0 Å². The van der Waals surface area contributed by atoms with E-state index in [1.807, 2.05) is 6.92 Å². The lowest BCUT2D eigenvalue weighted by molar-refractivity contribution is 0.377. The predicted octanol–water partition coefficient (Wildman–Crippen LogP) is 1.09. The quantitative estimate of drug-likeness (QED) is 0.693. The summed E-state index contributed by atoms with van der Waals surface area (Å²) in [6, 6.07) is 0. The van der Waals surface area contributed by atoms with Crippen molar-refractivity contribution in [3.05, 3.63) is 17.5 Å². The maximum Gasteiger partial charge on any atom is 0.127 e. The summed E-state index contributed by atoms with van der Waals surface area (Å²) in [6.45, 7) is 4.13. The Kier molecular flexibility index (Phi) is 2.52. The van der Waals surface area contributed by atoms with Gasteiger partial charge in [0.15, 0.2) is 0 Å². The van der Waals surface area contributed by atoms with Crippen molar-refractivity contribution in [3.63, 3.8) is 0 Å². The zero-order chi connectivity index (χ0) is 6.97. The highest BCUT2D eigenvalue weighted by Crippen LogP contribution is 2.20. The smallest absolute Gasteiger partial charge is 0.127 e. The van der Waals surface area contributed by atoms with Gasteiger partial charge in [-0.15, -0.1) is 12.4 Å². The summed E-state index contributed by atoms with van der Waals surface area (Å²) in [5.74, 6) is 0.596. The number of aryl methyl sites for hydroxylation is 1. The number of rotatable bonds is 1. The molecule has 1 aromatic heterocycles. The fourth-order valence-electron chi connectivity index (χ4n) is 1.17. The molecule has 0 bridgehead atoms. The number of hydrogen-bond acceptors (Lipinski definition) is 3. The van der Waals surface area contributed by atoms with Crippen LogP contribution in [0.4, 0.5) is 0 Å². The average Bonchev–Trinajstić information content (AvgIpc) is 2.12. The Labute approximate surface area is 71.6 Å². The molecule has 0 atom stereocenters. The molecule has 4 heteroatoms. The van der Waals surface area contributed by atoms with Gasteiger partial charge in [-0.05, 0) is 6.92 Å². The molecule has 0 saturated carbocycles. The molecule has 1 saturated heterocycles. The molecule has 11 heavy (non-hydrogen) atoms. The Morgan fingerprint density at radius 3 is 2.73 bits per heavy atom. The third kappa shape index (κ3) is 1.39. The Bertz CT molecular complexity index is 232. The lowest BCUT2D eigenvalue weighted by Gasteiger charge is -2.25. The highest BCUT2D eigenvalue weighted by Gasteiger charge is 2.23. The Hall–Kier alpha value is -0.540. The lowest BCUT2D eigenvalue weighted by Crippen LogP contribution is -2.40. The molecule has 1 aliphatic rings. The van der Waals surface area contributed by atoms with Gasteiger partial charge in [0.25, 0.3) is 0 Å². The predicted molar refractivity (Wildman–Crippen MR) is 44.1 cm³/mol. The number of nitrogens with zero attached hydrogens (tertiary/aromatic N) is 1. The monoisotopic (exact) mass is 174 g/mol. The lowest BCUT2D eigenvalue weighted by atomic mass is 9.97. The van der Waals surface area contributed by atoms with E-state index in [2.05, 4.69) is 10.5 Å². The highest BCUT2D eigenvalue weighted by atomic mass is 35.5. The SMILES string of the molecule is Cc1conc1C1CNC1.Cl. The van der Waals surface area contributed by atoms with E-state index in [1.54, 1.807) is 6.26 Å². The first-order chi connectivity index (χ1) is 4.88. The molecule has 1 aliphatic heterocycles. The highest BCUT2D eigenvalue weighted by molar-refractivity contribution is 5.85. The van der Waals surface area contributed by atoms with Gasteiger partial charge in [0.2, 0.25) is 0 Å². The molecule has 0 amide bonds. The number of nitrogens with one attached hydrogen (secondary N) is 1. The van der Waals surface area contributed by atoms with Crippen molar-refractivity contribution >= 4 is 12.4 Å². The van der Waals surface area contributed by atoms with Crippen molar-refractivity contribution in [2.45, 2.75) is 12.8 Å². The van der Waals surface area contributed by atoms with Crippen molar-refractivity contribution < 1.29 is 4.52 Å². The van der Waals surface area contributed by atoms with Gasteiger partial charge < -0.3 is 9.84 Å². The van der Waals surface area contributed by atoms with E-state index in [4.69, 9.17) is 4.52 Å². The van der Waals surface area contributed by atoms with Gasteiger partial charge in [-0.2, -0.15) is 0 Å². The third-order valence-electron chi connectivity index (χ3n) is 1.95. The van der Waals surface area contributed by atoms with Gasteiger partial charge in [-0.3, -0.25) is 0 Å². The van der Waals surface area contributed by atoms with E-state index < -0.39 is 0 Å². The van der Waals surface area contributed by atoms with Crippen LogP contribution in [0.25, 0.3) is 0 Å². The van der Waals surface area contributed by atoms with Crippen LogP contribution < -0.4 is 5.32 Å². The Morgan fingerprint density at radius 1 is 1.64 bits per heavy atom. The van der Waals surface area contributed by atoms with Gasteiger partial charge in [0.05, 0.1) is 5.69 Å². The van der Waals surface area contributed by atoms with Crippen LogP contribution in [0.15, 0.2) is 10.8 Å². The second-order valence-electron chi connectivity index (χ2n) is 2.74. The first-order valence-electron chi connectivity index (χ1n) is 3.49. The summed E-state index contributed by atoms with van der Waals surface area (Å²) in [6.07, 6.45) is 1.70. The van der Waals surface area contributed by atoms with E-state index in [0.717, 1.165) is 18.8 Å². The second-order valence-corrected chi connectivity index (χ2v) is 2.74. The molecule has 1 fully saturated rings. The van der Waals surface area contributed by atoms with Crippen LogP contribution >= 0.6 is 12.4 Å². The molecule has 0 unspecified atom stereocenters. The Morgan fingerprint density at radius 2 is 2.36 bits per heavy atom. The maximum atomic E-state index is 4.82. The van der Waals surface area contributed by atoms with Gasteiger partial charge >= 0.3 is 0 Å². The molecule has 0 aliphatic carbocycles. The van der Waals surface area contributed by atoms with Gasteiger partial charge in [-0.1, -0.05) is 5.16 Å². The zero-order valence-corrected chi connectivity index (χ0v) is 7.15. The minimum atomic E-state index is 0. The maximum absolute atomic E-state index is 4.82. The molecule has 0 radical (unpaired) electrons. The molecule has 2 rings (SSSR count). The average molecular weight is 175 g/mol. The summed E-state index contributed by atoms with van der Waals surface area (Å²) in [5, 5.41) is 7.12. The van der Waals surface area contributed by atoms with Crippen molar-refractivity contribution in [1.29, 1.82) is 0 Å². The van der Waals surface area contributed by atoms with E-state index in [0.29, 0.717) is 5.92 Å². The molecule has 62 valence electrons. The van der Waals surface area contributed by atoms with Crippen LogP contribution in [0.5, 0.6) is 0 Å². The molecule has 3 nitrogen and oxygen atoms in total. The summed E-state index contributed by atoms with van der Waals surface area (Å²) >= 11 is 0. The summed E-state index contributed by atoms with van der Waals surface area (Å²) in [4.78, 5) is 0. The molecule has 0 spiro atoms. The molecule has 1 aromatic rings. The largest absolute Gasteiger partial charge is 0.364 e. The minimum Gasteiger partial charge on any atom is -0.364 e. The van der Waals surface area contributed by atoms with E-state index in [9.17, 15) is 0 Å². The van der Waals surface area contributed by atoms with E-state index >= 15 is 0 Å². The van der Waals surface area contributed by atoms with E-state index in [-0.39, 0.29) is 12.4 Å². The first-order valence-corrected chi connectivity index (χ1v) is 3.49. The molecular weight excluding hydrogens is 164 g/mol. The van der Waals surface area contributed by atoms with Crippen molar-refractivity contribution in [2.24, 2.45) is 0 Å². The normalized spacial score (nSPS) is 17.2. The van der Waals surface area contributed by atoms with E-state index in [1.165, 1.54) is 5.56 Å².